The van der Waals surface area contributed by atoms with Crippen molar-refractivity contribution in [3.8, 4) is 11.5 Å². The second kappa shape index (κ2) is 12.5. The standard InChI is InChI=1S/C30H26F2N2O4/c31-24-13-7-12-23(28(24)32)30(36)34-25(29(33)35)16-22-14-15-26(37-18-20-8-3-1-4-9-20)27(17-22)38-19-21-10-5-2-6-11-21/h1-15,17,25H,16,18-19H2,(H2,33,35)(H,34,36)/t25-/m1/s1. The molecule has 0 heterocycles. The number of primary amides is 1. The van der Waals surface area contributed by atoms with Gasteiger partial charge >= 0.3 is 0 Å². The molecule has 4 aromatic carbocycles. The fourth-order valence-corrected chi connectivity index (χ4v) is 3.76. The van der Waals surface area contributed by atoms with E-state index in [-0.39, 0.29) is 13.0 Å². The van der Waals surface area contributed by atoms with Crippen LogP contribution in [0, 0.1) is 11.6 Å². The quantitative estimate of drug-likeness (QED) is 0.295. The number of hydrogen-bond acceptors (Lipinski definition) is 4. The van der Waals surface area contributed by atoms with E-state index in [0.29, 0.717) is 23.7 Å². The molecule has 3 N–H and O–H groups in total. The minimum atomic E-state index is -1.30. The van der Waals surface area contributed by atoms with Crippen LogP contribution < -0.4 is 20.5 Å². The monoisotopic (exact) mass is 516 g/mol. The molecule has 0 aliphatic rings. The first-order chi connectivity index (χ1) is 18.4. The lowest BCUT2D eigenvalue weighted by molar-refractivity contribution is -0.119. The van der Waals surface area contributed by atoms with E-state index in [1.54, 1.807) is 18.2 Å². The van der Waals surface area contributed by atoms with Gasteiger partial charge in [0, 0.05) is 6.42 Å². The van der Waals surface area contributed by atoms with Crippen LogP contribution in [0.25, 0.3) is 0 Å². The van der Waals surface area contributed by atoms with Gasteiger partial charge in [0.1, 0.15) is 19.3 Å². The molecule has 0 aromatic heterocycles. The third-order valence-corrected chi connectivity index (χ3v) is 5.77. The van der Waals surface area contributed by atoms with E-state index >= 15 is 0 Å². The summed E-state index contributed by atoms with van der Waals surface area (Å²) in [6, 6.07) is 26.4. The van der Waals surface area contributed by atoms with Crippen LogP contribution in [0.5, 0.6) is 11.5 Å². The molecular weight excluding hydrogens is 490 g/mol. The van der Waals surface area contributed by atoms with E-state index in [1.807, 2.05) is 60.7 Å². The zero-order valence-electron chi connectivity index (χ0n) is 20.4. The molecule has 4 rings (SSSR count). The van der Waals surface area contributed by atoms with Crippen LogP contribution in [0.1, 0.15) is 27.0 Å². The van der Waals surface area contributed by atoms with Crippen molar-refractivity contribution < 1.29 is 27.8 Å². The zero-order chi connectivity index (χ0) is 26.9. The predicted octanol–water partition coefficient (Wildman–Crippen LogP) is 4.95. The van der Waals surface area contributed by atoms with E-state index in [9.17, 15) is 18.4 Å². The Labute approximate surface area is 219 Å². The number of ether oxygens (including phenoxy) is 2. The summed E-state index contributed by atoms with van der Waals surface area (Å²) in [5, 5.41) is 2.40. The second-order valence-corrected chi connectivity index (χ2v) is 8.56. The first-order valence-electron chi connectivity index (χ1n) is 11.9. The Kier molecular flexibility index (Phi) is 8.66. The summed E-state index contributed by atoms with van der Waals surface area (Å²) in [5.41, 5.74) is 7.54. The number of nitrogens with one attached hydrogen (secondary N) is 1. The molecule has 0 aliphatic carbocycles. The number of hydrogen-bond donors (Lipinski definition) is 2. The molecule has 0 fully saturated rings. The van der Waals surface area contributed by atoms with Gasteiger partial charge in [-0.2, -0.15) is 0 Å². The topological polar surface area (TPSA) is 90.7 Å². The molecule has 38 heavy (non-hydrogen) atoms. The van der Waals surface area contributed by atoms with Gasteiger partial charge in [0.2, 0.25) is 5.91 Å². The summed E-state index contributed by atoms with van der Waals surface area (Å²) in [6.45, 7) is 0.599. The number of carbonyl (C=O) groups excluding carboxylic acids is 2. The maximum atomic E-state index is 14.1. The van der Waals surface area contributed by atoms with Gasteiger partial charge in [-0.25, -0.2) is 8.78 Å². The summed E-state index contributed by atoms with van der Waals surface area (Å²) < 4.78 is 39.7. The Morgan fingerprint density at radius 3 is 1.95 bits per heavy atom. The molecular formula is C30H26F2N2O4. The Balaban J connectivity index is 1.53. The van der Waals surface area contributed by atoms with Gasteiger partial charge in [-0.3, -0.25) is 9.59 Å². The number of rotatable bonds is 11. The second-order valence-electron chi connectivity index (χ2n) is 8.56. The van der Waals surface area contributed by atoms with Crippen molar-refractivity contribution in [3.05, 3.63) is 131 Å². The molecule has 0 spiro atoms. The molecule has 0 saturated heterocycles. The van der Waals surface area contributed by atoms with Crippen LogP contribution in [-0.2, 0) is 24.4 Å². The number of halogens is 2. The maximum absolute atomic E-state index is 14.1. The van der Waals surface area contributed by atoms with Gasteiger partial charge in [0.15, 0.2) is 23.1 Å². The first-order valence-corrected chi connectivity index (χ1v) is 11.9. The van der Waals surface area contributed by atoms with Gasteiger partial charge in [-0.15, -0.1) is 0 Å². The van der Waals surface area contributed by atoms with E-state index in [0.717, 1.165) is 23.3 Å². The van der Waals surface area contributed by atoms with Gasteiger partial charge in [-0.05, 0) is 41.0 Å². The fourth-order valence-electron chi connectivity index (χ4n) is 3.76. The minimum Gasteiger partial charge on any atom is -0.485 e. The molecule has 6 nitrogen and oxygen atoms in total. The van der Waals surface area contributed by atoms with Crippen molar-refractivity contribution >= 4 is 11.8 Å². The SMILES string of the molecule is NC(=O)[C@@H](Cc1ccc(OCc2ccccc2)c(OCc2ccccc2)c1)NC(=O)c1cccc(F)c1F. The van der Waals surface area contributed by atoms with E-state index in [4.69, 9.17) is 15.2 Å². The van der Waals surface area contributed by atoms with E-state index in [2.05, 4.69) is 5.32 Å². The minimum absolute atomic E-state index is 0.00132. The average Bonchev–Trinajstić information content (AvgIpc) is 2.93. The average molecular weight is 517 g/mol. The lowest BCUT2D eigenvalue weighted by Crippen LogP contribution is -2.46. The molecule has 0 saturated carbocycles. The highest BCUT2D eigenvalue weighted by atomic mass is 19.2. The first kappa shape index (κ1) is 26.3. The van der Waals surface area contributed by atoms with Crippen molar-refractivity contribution in [2.45, 2.75) is 25.7 Å². The summed E-state index contributed by atoms with van der Waals surface area (Å²) in [4.78, 5) is 24.7. The predicted molar refractivity (Wildman–Crippen MR) is 139 cm³/mol. The summed E-state index contributed by atoms with van der Waals surface area (Å²) in [5.74, 6) is -3.31. The van der Waals surface area contributed by atoms with Crippen LogP contribution in [-0.4, -0.2) is 17.9 Å². The molecule has 0 unspecified atom stereocenters. The van der Waals surface area contributed by atoms with Crippen molar-refractivity contribution in [3.63, 3.8) is 0 Å². The maximum Gasteiger partial charge on any atom is 0.255 e. The molecule has 194 valence electrons. The third kappa shape index (κ3) is 6.94. The number of amides is 2. The zero-order valence-corrected chi connectivity index (χ0v) is 20.4. The van der Waals surface area contributed by atoms with Crippen LogP contribution in [0.3, 0.4) is 0 Å². The Bertz CT molecular complexity index is 1400. The molecule has 1 atom stereocenters. The largest absolute Gasteiger partial charge is 0.485 e. The highest BCUT2D eigenvalue weighted by Crippen LogP contribution is 2.30. The third-order valence-electron chi connectivity index (χ3n) is 5.77. The molecule has 2 amide bonds. The Morgan fingerprint density at radius 2 is 1.34 bits per heavy atom. The van der Waals surface area contributed by atoms with Gasteiger partial charge in [0.05, 0.1) is 5.56 Å². The van der Waals surface area contributed by atoms with Crippen molar-refractivity contribution in [1.29, 1.82) is 0 Å². The van der Waals surface area contributed by atoms with Crippen LogP contribution >= 0.6 is 0 Å². The summed E-state index contributed by atoms with van der Waals surface area (Å²) in [7, 11) is 0. The van der Waals surface area contributed by atoms with Crippen LogP contribution in [0.4, 0.5) is 8.78 Å². The molecule has 8 heteroatoms. The summed E-state index contributed by atoms with van der Waals surface area (Å²) >= 11 is 0. The fraction of sp³-hybridized carbons (Fsp3) is 0.133. The van der Waals surface area contributed by atoms with Gasteiger partial charge in [0.25, 0.3) is 5.91 Å². The Hall–Kier alpha value is -4.72. The summed E-state index contributed by atoms with van der Waals surface area (Å²) in [6.07, 6.45) is -0.00132. The molecule has 0 radical (unpaired) electrons. The molecule has 0 bridgehead atoms. The lowest BCUT2D eigenvalue weighted by atomic mass is 10.0. The molecule has 4 aromatic rings. The van der Waals surface area contributed by atoms with Crippen LogP contribution in [0.15, 0.2) is 97.1 Å². The van der Waals surface area contributed by atoms with Crippen molar-refractivity contribution in [1.82, 2.24) is 5.32 Å². The van der Waals surface area contributed by atoms with Crippen molar-refractivity contribution in [2.24, 2.45) is 5.73 Å². The number of carbonyl (C=O) groups is 2. The molecule has 0 aliphatic heterocycles. The smallest absolute Gasteiger partial charge is 0.255 e. The number of nitrogens with two attached hydrogens (primary N) is 1. The van der Waals surface area contributed by atoms with Gasteiger partial charge in [-0.1, -0.05) is 72.8 Å². The normalized spacial score (nSPS) is 11.4. The van der Waals surface area contributed by atoms with Gasteiger partial charge < -0.3 is 20.5 Å². The lowest BCUT2D eigenvalue weighted by Gasteiger charge is -2.18. The number of benzene rings is 4. The van der Waals surface area contributed by atoms with E-state index in [1.165, 1.54) is 6.07 Å². The van der Waals surface area contributed by atoms with Crippen molar-refractivity contribution in [2.75, 3.05) is 0 Å². The Morgan fingerprint density at radius 1 is 0.737 bits per heavy atom. The van der Waals surface area contributed by atoms with Crippen LogP contribution in [0.2, 0.25) is 0 Å². The highest BCUT2D eigenvalue weighted by Gasteiger charge is 2.23. The highest BCUT2D eigenvalue weighted by molar-refractivity contribution is 5.97. The van der Waals surface area contributed by atoms with E-state index < -0.39 is 35.1 Å².